The van der Waals surface area contributed by atoms with Crippen LogP contribution in [0.1, 0.15) is 32.7 Å². The van der Waals surface area contributed by atoms with Gasteiger partial charge in [0.1, 0.15) is 0 Å². The van der Waals surface area contributed by atoms with Crippen LogP contribution in [-0.2, 0) is 21.5 Å². The molecule has 2 aliphatic rings. The lowest BCUT2D eigenvalue weighted by Gasteiger charge is -2.14. The van der Waals surface area contributed by atoms with Crippen LogP contribution in [0.25, 0.3) is 0 Å². The molecule has 0 fully saturated rings. The van der Waals surface area contributed by atoms with Crippen LogP contribution in [0.15, 0.2) is 41.8 Å². The number of amides is 2. The number of nitrogens with zero attached hydrogens (tertiary/aromatic N) is 4. The Morgan fingerprint density at radius 3 is 2.52 bits per heavy atom. The third-order valence-corrected chi connectivity index (χ3v) is 3.91. The number of carbonyl (C=O) groups excluding carboxylic acids is 3. The van der Waals surface area contributed by atoms with Crippen LogP contribution in [0.4, 0.5) is 0 Å². The van der Waals surface area contributed by atoms with Crippen molar-refractivity contribution in [1.82, 2.24) is 14.8 Å². The van der Waals surface area contributed by atoms with Gasteiger partial charge in [-0.1, -0.05) is 22.4 Å². The summed E-state index contributed by atoms with van der Waals surface area (Å²) in [4.78, 5) is 46.7. The first-order valence-electron chi connectivity index (χ1n) is 7.46. The Morgan fingerprint density at radius 2 is 1.92 bits per heavy atom. The monoisotopic (exact) mass is 340 g/mol. The Balaban J connectivity index is 1.44. The van der Waals surface area contributed by atoms with Gasteiger partial charge in [-0.25, -0.2) is 4.79 Å². The summed E-state index contributed by atoms with van der Waals surface area (Å²) in [6.45, 7) is 0. The summed E-state index contributed by atoms with van der Waals surface area (Å²) in [5.41, 5.74) is 1.65. The topological polar surface area (TPSA) is 103 Å². The fourth-order valence-electron chi connectivity index (χ4n) is 2.64. The molecule has 2 aromatic rings. The summed E-state index contributed by atoms with van der Waals surface area (Å²) in [7, 11) is 1.76. The van der Waals surface area contributed by atoms with Crippen molar-refractivity contribution in [2.45, 2.75) is 12.5 Å². The quantitative estimate of drug-likeness (QED) is 0.761. The number of aromatic nitrogens is 2. The summed E-state index contributed by atoms with van der Waals surface area (Å²) < 4.78 is 1.60. The number of hydroxylamine groups is 2. The van der Waals surface area contributed by atoms with E-state index in [4.69, 9.17) is 9.68 Å². The van der Waals surface area contributed by atoms with E-state index in [0.29, 0.717) is 10.8 Å². The number of rotatable bonds is 3. The normalized spacial score (nSPS) is 18.8. The number of fused-ring (bicyclic) bond motifs is 1. The van der Waals surface area contributed by atoms with Gasteiger partial charge in [0, 0.05) is 25.2 Å². The van der Waals surface area contributed by atoms with E-state index in [0.717, 1.165) is 5.56 Å². The third-order valence-electron chi connectivity index (χ3n) is 3.91. The van der Waals surface area contributed by atoms with Crippen molar-refractivity contribution in [2.75, 3.05) is 0 Å². The molecule has 1 unspecified atom stereocenters. The molecule has 1 aromatic heterocycles. The van der Waals surface area contributed by atoms with Gasteiger partial charge in [0.15, 0.2) is 0 Å². The minimum absolute atomic E-state index is 0.160. The molecule has 1 aromatic carbocycles. The Morgan fingerprint density at radius 1 is 1.24 bits per heavy atom. The highest BCUT2D eigenvalue weighted by Gasteiger charge is 2.41. The van der Waals surface area contributed by atoms with Crippen molar-refractivity contribution in [3.05, 3.63) is 53.3 Å². The van der Waals surface area contributed by atoms with Crippen LogP contribution in [0.5, 0.6) is 0 Å². The van der Waals surface area contributed by atoms with Crippen molar-refractivity contribution in [3.8, 4) is 0 Å². The molecule has 126 valence electrons. The minimum atomic E-state index is -1.03. The summed E-state index contributed by atoms with van der Waals surface area (Å²) in [5.74, 6) is -2.22. The van der Waals surface area contributed by atoms with Crippen LogP contribution < -0.4 is 0 Å². The van der Waals surface area contributed by atoms with Gasteiger partial charge in [0.05, 0.1) is 23.0 Å². The first kappa shape index (κ1) is 15.1. The average molecular weight is 340 g/mol. The lowest BCUT2D eigenvalue weighted by Crippen LogP contribution is -2.37. The first-order chi connectivity index (χ1) is 12.0. The standard InChI is InChI=1S/C16H12N4O5/c1-19-8-9(7-17-19)12-6-13(24-18-12)16(23)25-20-14(21)10-4-2-3-5-11(10)15(20)22/h2-5,7-8,13H,6H2,1H3. The molecular formula is C16H12N4O5. The molecule has 0 radical (unpaired) electrons. The zero-order chi connectivity index (χ0) is 17.6. The van der Waals surface area contributed by atoms with Gasteiger partial charge < -0.3 is 9.68 Å². The molecule has 3 heterocycles. The van der Waals surface area contributed by atoms with Crippen molar-refractivity contribution in [1.29, 1.82) is 0 Å². The summed E-state index contributed by atoms with van der Waals surface area (Å²) in [6, 6.07) is 6.25. The van der Waals surface area contributed by atoms with Crippen LogP contribution in [0, 0.1) is 0 Å². The van der Waals surface area contributed by atoms with E-state index in [1.807, 2.05) is 0 Å². The van der Waals surface area contributed by atoms with E-state index in [1.165, 1.54) is 12.1 Å². The van der Waals surface area contributed by atoms with E-state index >= 15 is 0 Å². The van der Waals surface area contributed by atoms with Gasteiger partial charge in [-0.05, 0) is 12.1 Å². The number of hydrogen-bond donors (Lipinski definition) is 0. The van der Waals surface area contributed by atoms with Crippen molar-refractivity contribution in [2.24, 2.45) is 12.2 Å². The second kappa shape index (κ2) is 5.55. The molecule has 2 aliphatic heterocycles. The highest BCUT2D eigenvalue weighted by Crippen LogP contribution is 2.24. The van der Waals surface area contributed by atoms with Crippen molar-refractivity contribution >= 4 is 23.5 Å². The average Bonchev–Trinajstić information content (AvgIpc) is 3.31. The molecule has 4 rings (SSSR count). The van der Waals surface area contributed by atoms with E-state index in [-0.39, 0.29) is 17.5 Å². The molecule has 0 aliphatic carbocycles. The molecule has 0 saturated heterocycles. The predicted molar refractivity (Wildman–Crippen MR) is 82.3 cm³/mol. The van der Waals surface area contributed by atoms with E-state index in [1.54, 1.807) is 36.3 Å². The van der Waals surface area contributed by atoms with Gasteiger partial charge >= 0.3 is 5.97 Å². The summed E-state index contributed by atoms with van der Waals surface area (Å²) in [6.07, 6.45) is 2.47. The number of carbonyl (C=O) groups is 3. The SMILES string of the molecule is Cn1cc(C2=NOC(C(=O)ON3C(=O)c4ccccc4C3=O)C2)cn1. The molecule has 9 nitrogen and oxygen atoms in total. The van der Waals surface area contributed by atoms with Crippen LogP contribution >= 0.6 is 0 Å². The molecule has 25 heavy (non-hydrogen) atoms. The molecule has 0 N–H and O–H groups in total. The second-order valence-corrected chi connectivity index (χ2v) is 5.60. The summed E-state index contributed by atoms with van der Waals surface area (Å²) in [5, 5.41) is 8.33. The zero-order valence-corrected chi connectivity index (χ0v) is 13.1. The molecule has 9 heteroatoms. The zero-order valence-electron chi connectivity index (χ0n) is 13.1. The third kappa shape index (κ3) is 2.45. The smallest absolute Gasteiger partial charge is 0.376 e. The maximum atomic E-state index is 12.2. The summed E-state index contributed by atoms with van der Waals surface area (Å²) >= 11 is 0. The van der Waals surface area contributed by atoms with Gasteiger partial charge in [0.2, 0.25) is 6.10 Å². The van der Waals surface area contributed by atoms with Crippen molar-refractivity contribution in [3.63, 3.8) is 0 Å². The van der Waals surface area contributed by atoms with Crippen LogP contribution in [0.3, 0.4) is 0 Å². The lowest BCUT2D eigenvalue weighted by atomic mass is 10.1. The fourth-order valence-corrected chi connectivity index (χ4v) is 2.64. The molecule has 0 saturated carbocycles. The fraction of sp³-hybridized carbons (Fsp3) is 0.188. The molecule has 2 amide bonds. The maximum absolute atomic E-state index is 12.2. The van der Waals surface area contributed by atoms with Gasteiger partial charge in [0.25, 0.3) is 11.8 Å². The number of benzene rings is 1. The Bertz CT molecular complexity index is 897. The number of oxime groups is 1. The van der Waals surface area contributed by atoms with Crippen LogP contribution in [0.2, 0.25) is 0 Å². The highest BCUT2D eigenvalue weighted by molar-refractivity contribution is 6.21. The number of imide groups is 1. The van der Waals surface area contributed by atoms with Crippen molar-refractivity contribution < 1.29 is 24.1 Å². The van der Waals surface area contributed by atoms with Crippen LogP contribution in [-0.4, -0.2) is 44.4 Å². The largest absolute Gasteiger partial charge is 0.380 e. The Hall–Kier alpha value is -3.49. The number of hydrogen-bond acceptors (Lipinski definition) is 7. The van der Waals surface area contributed by atoms with Gasteiger partial charge in [-0.3, -0.25) is 14.3 Å². The molecule has 0 bridgehead atoms. The molecule has 1 atom stereocenters. The maximum Gasteiger partial charge on any atom is 0.376 e. The number of aryl methyl sites for hydroxylation is 1. The minimum Gasteiger partial charge on any atom is -0.380 e. The second-order valence-electron chi connectivity index (χ2n) is 5.60. The highest BCUT2D eigenvalue weighted by atomic mass is 16.7. The van der Waals surface area contributed by atoms with E-state index in [9.17, 15) is 14.4 Å². The molecular weight excluding hydrogens is 328 g/mol. The molecule has 0 spiro atoms. The Kier molecular flexibility index (Phi) is 3.34. The lowest BCUT2D eigenvalue weighted by molar-refractivity contribution is -0.180. The first-order valence-corrected chi connectivity index (χ1v) is 7.46. The van der Waals surface area contributed by atoms with E-state index in [2.05, 4.69) is 10.3 Å². The predicted octanol–water partition coefficient (Wildman–Crippen LogP) is 0.667. The van der Waals surface area contributed by atoms with Gasteiger partial charge in [-0.15, -0.1) is 0 Å². The van der Waals surface area contributed by atoms with Gasteiger partial charge in [-0.2, -0.15) is 5.10 Å². The Labute approximate surface area is 141 Å². The van der Waals surface area contributed by atoms with E-state index < -0.39 is 23.9 Å².